The molecule has 0 unspecified atom stereocenters. The predicted octanol–water partition coefficient (Wildman–Crippen LogP) is 5.43. The molecule has 3 rings (SSSR count). The van der Waals surface area contributed by atoms with E-state index in [1.165, 1.54) is 0 Å². The van der Waals surface area contributed by atoms with Gasteiger partial charge in [0.05, 0.1) is 0 Å². The first-order chi connectivity index (χ1) is 13.8. The number of hydrogen-bond donors (Lipinski definition) is 1. The van der Waals surface area contributed by atoms with Crippen molar-refractivity contribution in [1.82, 2.24) is 9.97 Å². The summed E-state index contributed by atoms with van der Waals surface area (Å²) in [6.45, 7) is 6.92. The number of nitrogens with one attached hydrogen (secondary N) is 1. The molecule has 1 N–H and O–H groups in total. The maximum atomic E-state index is 5.84. The van der Waals surface area contributed by atoms with Crippen molar-refractivity contribution in [1.29, 1.82) is 0 Å². The van der Waals surface area contributed by atoms with E-state index in [1.54, 1.807) is 6.20 Å². The van der Waals surface area contributed by atoms with Gasteiger partial charge in [0.2, 0.25) is 5.95 Å². The highest BCUT2D eigenvalue weighted by Crippen LogP contribution is 2.20. The molecule has 0 aliphatic rings. The van der Waals surface area contributed by atoms with Crippen molar-refractivity contribution in [3.05, 3.63) is 72.4 Å². The minimum atomic E-state index is 0.559. The van der Waals surface area contributed by atoms with Gasteiger partial charge >= 0.3 is 0 Å². The fraction of sp³-hybridized carbons (Fsp3) is 0.304. The molecule has 0 bridgehead atoms. The van der Waals surface area contributed by atoms with E-state index in [-0.39, 0.29) is 0 Å². The molecular formula is C23H28N4O. The van der Waals surface area contributed by atoms with Crippen molar-refractivity contribution in [2.45, 2.75) is 33.3 Å². The van der Waals surface area contributed by atoms with Gasteiger partial charge in [0.15, 0.2) is 0 Å². The molecule has 5 nitrogen and oxygen atoms in total. The summed E-state index contributed by atoms with van der Waals surface area (Å²) in [5.41, 5.74) is 2.08. The zero-order valence-corrected chi connectivity index (χ0v) is 16.6. The van der Waals surface area contributed by atoms with Gasteiger partial charge in [0, 0.05) is 25.0 Å². The molecule has 0 radical (unpaired) electrons. The first kappa shape index (κ1) is 19.7. The molecule has 0 saturated heterocycles. The van der Waals surface area contributed by atoms with Crippen LogP contribution in [-0.2, 0) is 6.61 Å². The molecular weight excluding hydrogens is 348 g/mol. The van der Waals surface area contributed by atoms with Crippen molar-refractivity contribution in [2.24, 2.45) is 0 Å². The van der Waals surface area contributed by atoms with E-state index in [1.807, 2.05) is 48.5 Å². The van der Waals surface area contributed by atoms with E-state index >= 15 is 0 Å². The fourth-order valence-corrected chi connectivity index (χ4v) is 2.97. The van der Waals surface area contributed by atoms with Crippen LogP contribution in [-0.4, -0.2) is 23.1 Å². The van der Waals surface area contributed by atoms with Crippen molar-refractivity contribution in [3.8, 4) is 5.75 Å². The third kappa shape index (κ3) is 5.71. The maximum absolute atomic E-state index is 5.84. The molecule has 3 aromatic rings. The Hall–Kier alpha value is -3.08. The number of ether oxygens (including phenoxy) is 1. The Morgan fingerprint density at radius 1 is 0.893 bits per heavy atom. The Labute approximate surface area is 167 Å². The van der Waals surface area contributed by atoms with Gasteiger partial charge in [-0.3, -0.25) is 0 Å². The SMILES string of the molecule is CCCN(CCC)c1ccnc(Nc2ccc(OCc3ccccc3)cc2)n1. The van der Waals surface area contributed by atoms with E-state index in [0.29, 0.717) is 12.6 Å². The van der Waals surface area contributed by atoms with Crippen LogP contribution in [0.25, 0.3) is 0 Å². The van der Waals surface area contributed by atoms with Crippen molar-refractivity contribution < 1.29 is 4.74 Å². The van der Waals surface area contributed by atoms with Crippen LogP contribution in [0.2, 0.25) is 0 Å². The summed E-state index contributed by atoms with van der Waals surface area (Å²) in [6, 6.07) is 20.0. The molecule has 2 aromatic carbocycles. The van der Waals surface area contributed by atoms with Crippen LogP contribution in [0.3, 0.4) is 0 Å². The van der Waals surface area contributed by atoms with Gasteiger partial charge in [0.1, 0.15) is 18.2 Å². The van der Waals surface area contributed by atoms with Crippen LogP contribution in [0.15, 0.2) is 66.9 Å². The molecule has 28 heavy (non-hydrogen) atoms. The molecule has 0 amide bonds. The topological polar surface area (TPSA) is 50.3 Å². The summed E-state index contributed by atoms with van der Waals surface area (Å²) in [5.74, 6) is 2.40. The summed E-state index contributed by atoms with van der Waals surface area (Å²) in [6.07, 6.45) is 3.99. The Morgan fingerprint density at radius 3 is 2.29 bits per heavy atom. The number of anilines is 3. The lowest BCUT2D eigenvalue weighted by atomic mass is 10.2. The Balaban J connectivity index is 1.61. The lowest BCUT2D eigenvalue weighted by molar-refractivity contribution is 0.306. The standard InChI is InChI=1S/C23H28N4O/c1-3-16-27(17-4-2)22-14-15-24-23(26-22)25-20-10-12-21(13-11-20)28-18-19-8-6-5-7-9-19/h5-15H,3-4,16-18H2,1-2H3,(H,24,25,26). The molecule has 0 aliphatic heterocycles. The van der Waals surface area contributed by atoms with Gasteiger partial charge in [-0.25, -0.2) is 4.98 Å². The van der Waals surface area contributed by atoms with E-state index in [0.717, 1.165) is 48.7 Å². The van der Waals surface area contributed by atoms with E-state index < -0.39 is 0 Å². The van der Waals surface area contributed by atoms with E-state index in [9.17, 15) is 0 Å². The highest BCUT2D eigenvalue weighted by Gasteiger charge is 2.08. The summed E-state index contributed by atoms with van der Waals surface area (Å²) in [7, 11) is 0. The zero-order chi connectivity index (χ0) is 19.6. The molecule has 1 heterocycles. The maximum Gasteiger partial charge on any atom is 0.229 e. The average Bonchev–Trinajstić information content (AvgIpc) is 2.74. The summed E-state index contributed by atoms with van der Waals surface area (Å²) in [5, 5.41) is 3.28. The molecule has 146 valence electrons. The fourth-order valence-electron chi connectivity index (χ4n) is 2.97. The summed E-state index contributed by atoms with van der Waals surface area (Å²) < 4.78 is 5.84. The monoisotopic (exact) mass is 376 g/mol. The van der Waals surface area contributed by atoms with Gasteiger partial charge in [-0.1, -0.05) is 44.2 Å². The molecule has 0 spiro atoms. The zero-order valence-electron chi connectivity index (χ0n) is 16.6. The third-order valence-corrected chi connectivity index (χ3v) is 4.31. The first-order valence-electron chi connectivity index (χ1n) is 9.90. The van der Waals surface area contributed by atoms with Crippen molar-refractivity contribution in [2.75, 3.05) is 23.3 Å². The highest BCUT2D eigenvalue weighted by atomic mass is 16.5. The van der Waals surface area contributed by atoms with E-state index in [4.69, 9.17) is 4.74 Å². The molecule has 0 fully saturated rings. The summed E-state index contributed by atoms with van der Waals surface area (Å²) >= 11 is 0. The van der Waals surface area contributed by atoms with Crippen LogP contribution in [0.4, 0.5) is 17.5 Å². The normalized spacial score (nSPS) is 10.5. The number of aromatic nitrogens is 2. The Kier molecular flexibility index (Phi) is 7.24. The number of nitrogens with zero attached hydrogens (tertiary/aromatic N) is 3. The molecule has 5 heteroatoms. The largest absolute Gasteiger partial charge is 0.489 e. The van der Waals surface area contributed by atoms with Crippen molar-refractivity contribution >= 4 is 17.5 Å². The number of benzene rings is 2. The molecule has 0 saturated carbocycles. The van der Waals surface area contributed by atoms with Crippen LogP contribution in [0.5, 0.6) is 5.75 Å². The van der Waals surface area contributed by atoms with Crippen LogP contribution < -0.4 is 15.0 Å². The quantitative estimate of drug-likeness (QED) is 0.511. The average molecular weight is 377 g/mol. The first-order valence-corrected chi connectivity index (χ1v) is 9.90. The number of rotatable bonds is 10. The minimum absolute atomic E-state index is 0.559. The Bertz CT molecular complexity index is 831. The second kappa shape index (κ2) is 10.3. The second-order valence-corrected chi connectivity index (χ2v) is 6.65. The second-order valence-electron chi connectivity index (χ2n) is 6.65. The van der Waals surface area contributed by atoms with Gasteiger partial charge in [-0.2, -0.15) is 4.98 Å². The lowest BCUT2D eigenvalue weighted by Crippen LogP contribution is -2.26. The predicted molar refractivity (Wildman–Crippen MR) is 115 cm³/mol. The number of hydrogen-bond acceptors (Lipinski definition) is 5. The highest BCUT2D eigenvalue weighted by molar-refractivity contribution is 5.56. The van der Waals surface area contributed by atoms with Gasteiger partial charge in [-0.05, 0) is 48.7 Å². The van der Waals surface area contributed by atoms with Gasteiger partial charge in [0.25, 0.3) is 0 Å². The Morgan fingerprint density at radius 2 is 1.61 bits per heavy atom. The van der Waals surface area contributed by atoms with Gasteiger partial charge < -0.3 is 15.0 Å². The molecule has 0 atom stereocenters. The van der Waals surface area contributed by atoms with Crippen LogP contribution in [0.1, 0.15) is 32.3 Å². The third-order valence-electron chi connectivity index (χ3n) is 4.31. The van der Waals surface area contributed by atoms with E-state index in [2.05, 4.69) is 46.2 Å². The van der Waals surface area contributed by atoms with Crippen LogP contribution >= 0.6 is 0 Å². The molecule has 0 aliphatic carbocycles. The summed E-state index contributed by atoms with van der Waals surface area (Å²) in [4.78, 5) is 11.3. The van der Waals surface area contributed by atoms with Crippen molar-refractivity contribution in [3.63, 3.8) is 0 Å². The van der Waals surface area contributed by atoms with Gasteiger partial charge in [-0.15, -0.1) is 0 Å². The molecule has 1 aromatic heterocycles. The van der Waals surface area contributed by atoms with Crippen LogP contribution in [0, 0.1) is 0 Å². The smallest absolute Gasteiger partial charge is 0.229 e. The minimum Gasteiger partial charge on any atom is -0.489 e. The lowest BCUT2D eigenvalue weighted by Gasteiger charge is -2.22.